The van der Waals surface area contributed by atoms with Gasteiger partial charge in [-0.1, -0.05) is 133 Å². The van der Waals surface area contributed by atoms with Gasteiger partial charge in [-0.25, -0.2) is 0 Å². The van der Waals surface area contributed by atoms with E-state index in [0.717, 1.165) is 44.5 Å². The van der Waals surface area contributed by atoms with E-state index >= 15 is 0 Å². The smallest absolute Gasteiger partial charge is 0.127 e. The van der Waals surface area contributed by atoms with E-state index in [-0.39, 0.29) is 25.4 Å². The maximum atomic E-state index is 9.85. The Kier molecular flexibility index (Phi) is 9.82. The maximum Gasteiger partial charge on any atom is 0.127 e. The SMILES string of the molecule is CC(CO)Oc1ccc(C(c2ccccc2)(c2ccccc2)c2ccc(OC(C)CO)c(-c3ccccc3)c2)cc1-c1ccccc1. The van der Waals surface area contributed by atoms with Gasteiger partial charge in [-0.2, -0.15) is 0 Å². The first-order valence-electron chi connectivity index (χ1n) is 16.1. The minimum absolute atomic E-state index is 0.0838. The lowest BCUT2D eigenvalue weighted by atomic mass is 9.64. The van der Waals surface area contributed by atoms with Gasteiger partial charge in [0.2, 0.25) is 0 Å². The van der Waals surface area contributed by atoms with Gasteiger partial charge in [0, 0.05) is 11.1 Å². The lowest BCUT2D eigenvalue weighted by molar-refractivity contribution is 0.130. The summed E-state index contributed by atoms with van der Waals surface area (Å²) in [5, 5.41) is 19.7. The Labute approximate surface area is 277 Å². The largest absolute Gasteiger partial charge is 0.488 e. The van der Waals surface area contributed by atoms with Gasteiger partial charge in [0.1, 0.15) is 23.7 Å². The molecule has 6 aromatic rings. The van der Waals surface area contributed by atoms with Crippen molar-refractivity contribution >= 4 is 0 Å². The molecule has 4 nitrogen and oxygen atoms in total. The molecule has 0 radical (unpaired) electrons. The number of hydrogen-bond acceptors (Lipinski definition) is 4. The van der Waals surface area contributed by atoms with Crippen LogP contribution in [0.2, 0.25) is 0 Å². The molecule has 0 aliphatic heterocycles. The number of benzene rings is 6. The first-order valence-corrected chi connectivity index (χ1v) is 16.1. The average Bonchev–Trinajstić information content (AvgIpc) is 3.14. The maximum absolute atomic E-state index is 9.85. The second kappa shape index (κ2) is 14.5. The molecule has 4 heteroatoms. The van der Waals surface area contributed by atoms with Gasteiger partial charge < -0.3 is 19.7 Å². The van der Waals surface area contributed by atoms with Crippen LogP contribution in [0, 0.1) is 0 Å². The fourth-order valence-electron chi connectivity index (χ4n) is 6.30. The third-order valence-corrected chi connectivity index (χ3v) is 8.58. The van der Waals surface area contributed by atoms with Gasteiger partial charge in [0.05, 0.1) is 18.6 Å². The predicted octanol–water partition coefficient (Wildman–Crippen LogP) is 8.92. The van der Waals surface area contributed by atoms with Crippen molar-refractivity contribution in [3.63, 3.8) is 0 Å². The molecule has 47 heavy (non-hydrogen) atoms. The zero-order valence-corrected chi connectivity index (χ0v) is 26.8. The summed E-state index contributed by atoms with van der Waals surface area (Å²) in [6, 6.07) is 54.5. The Balaban J connectivity index is 1.69. The van der Waals surface area contributed by atoms with Crippen LogP contribution in [0.1, 0.15) is 36.1 Å². The molecule has 0 fully saturated rings. The summed E-state index contributed by atoms with van der Waals surface area (Å²) >= 11 is 0. The second-order valence-corrected chi connectivity index (χ2v) is 11.9. The topological polar surface area (TPSA) is 58.9 Å². The molecule has 0 spiro atoms. The van der Waals surface area contributed by atoms with Gasteiger partial charge >= 0.3 is 0 Å². The van der Waals surface area contributed by atoms with Crippen LogP contribution in [0.5, 0.6) is 11.5 Å². The van der Waals surface area contributed by atoms with Crippen LogP contribution < -0.4 is 9.47 Å². The summed E-state index contributed by atoms with van der Waals surface area (Å²) in [4.78, 5) is 0. The summed E-state index contributed by atoms with van der Waals surface area (Å²) < 4.78 is 12.6. The van der Waals surface area contributed by atoms with Crippen LogP contribution in [-0.4, -0.2) is 35.6 Å². The van der Waals surface area contributed by atoms with E-state index in [4.69, 9.17) is 9.47 Å². The first kappa shape index (κ1) is 31.8. The number of aliphatic hydroxyl groups is 2. The van der Waals surface area contributed by atoms with Crippen molar-refractivity contribution in [1.29, 1.82) is 0 Å². The molecule has 0 amide bonds. The van der Waals surface area contributed by atoms with E-state index in [2.05, 4.69) is 97.1 Å². The Morgan fingerprint density at radius 2 is 0.787 bits per heavy atom. The Hall–Kier alpha value is -5.16. The van der Waals surface area contributed by atoms with E-state index in [0.29, 0.717) is 11.5 Å². The second-order valence-electron chi connectivity index (χ2n) is 11.9. The van der Waals surface area contributed by atoms with Crippen LogP contribution in [-0.2, 0) is 5.41 Å². The van der Waals surface area contributed by atoms with Gasteiger partial charge in [-0.05, 0) is 71.5 Å². The van der Waals surface area contributed by atoms with Crippen LogP contribution >= 0.6 is 0 Å². The highest BCUT2D eigenvalue weighted by Gasteiger charge is 2.39. The van der Waals surface area contributed by atoms with E-state index < -0.39 is 5.41 Å². The van der Waals surface area contributed by atoms with Gasteiger partial charge in [0.25, 0.3) is 0 Å². The molecule has 6 aromatic carbocycles. The van der Waals surface area contributed by atoms with Gasteiger partial charge in [0.15, 0.2) is 0 Å². The van der Waals surface area contributed by atoms with E-state index in [1.807, 2.05) is 74.5 Å². The van der Waals surface area contributed by atoms with E-state index in [1.54, 1.807) is 0 Å². The van der Waals surface area contributed by atoms with Crippen molar-refractivity contribution < 1.29 is 19.7 Å². The summed E-state index contributed by atoms with van der Waals surface area (Å²) in [5.74, 6) is 1.42. The van der Waals surface area contributed by atoms with Crippen molar-refractivity contribution in [1.82, 2.24) is 0 Å². The van der Waals surface area contributed by atoms with Crippen molar-refractivity contribution in [2.24, 2.45) is 0 Å². The fourth-order valence-corrected chi connectivity index (χ4v) is 6.30. The minimum Gasteiger partial charge on any atom is -0.488 e. The van der Waals surface area contributed by atoms with Crippen LogP contribution in [0.15, 0.2) is 158 Å². The highest BCUT2D eigenvalue weighted by atomic mass is 16.5. The molecular weight excluding hydrogens is 580 g/mol. The van der Waals surface area contributed by atoms with Crippen molar-refractivity contribution in [2.75, 3.05) is 13.2 Å². The number of rotatable bonds is 12. The third kappa shape index (κ3) is 6.57. The predicted molar refractivity (Wildman–Crippen MR) is 190 cm³/mol. The number of hydrogen-bond donors (Lipinski definition) is 2. The zero-order valence-electron chi connectivity index (χ0n) is 26.8. The standard InChI is InChI=1S/C43H40O4/c1-31(29-44)46-41-25-23-37(27-39(41)33-15-7-3-8-16-33)43(35-19-11-5-12-20-35,36-21-13-6-14-22-36)38-24-26-42(47-32(2)30-45)40(28-38)34-17-9-4-10-18-34/h3-28,31-32,44-45H,29-30H2,1-2H3. The third-order valence-electron chi connectivity index (χ3n) is 8.58. The molecule has 2 N–H and O–H groups in total. The number of ether oxygens (including phenoxy) is 2. The molecule has 0 aromatic heterocycles. The molecule has 2 unspecified atom stereocenters. The van der Waals surface area contributed by atoms with Crippen LogP contribution in [0.25, 0.3) is 22.3 Å². The Bertz CT molecular complexity index is 1730. The van der Waals surface area contributed by atoms with Crippen LogP contribution in [0.3, 0.4) is 0 Å². The summed E-state index contributed by atoms with van der Waals surface area (Å²) in [6.45, 7) is 3.57. The first-order chi connectivity index (χ1) is 23.0. The van der Waals surface area contributed by atoms with Crippen molar-refractivity contribution in [2.45, 2.75) is 31.5 Å². The lowest BCUT2D eigenvalue weighted by Gasteiger charge is -2.38. The molecule has 0 aliphatic rings. The van der Waals surface area contributed by atoms with Gasteiger partial charge in [-0.15, -0.1) is 0 Å². The normalized spacial score (nSPS) is 12.7. The number of aliphatic hydroxyl groups excluding tert-OH is 2. The molecule has 2 atom stereocenters. The molecule has 6 rings (SSSR count). The molecular formula is C43H40O4. The molecule has 0 saturated carbocycles. The monoisotopic (exact) mass is 620 g/mol. The van der Waals surface area contributed by atoms with Crippen molar-refractivity contribution in [3.05, 3.63) is 180 Å². The van der Waals surface area contributed by atoms with E-state index in [1.165, 1.54) is 0 Å². The highest BCUT2D eigenvalue weighted by Crippen LogP contribution is 2.49. The lowest BCUT2D eigenvalue weighted by Crippen LogP contribution is -2.31. The molecule has 236 valence electrons. The zero-order chi connectivity index (χ0) is 32.6. The summed E-state index contributed by atoms with van der Waals surface area (Å²) in [7, 11) is 0. The molecule has 0 saturated heterocycles. The van der Waals surface area contributed by atoms with Crippen molar-refractivity contribution in [3.8, 4) is 33.8 Å². The van der Waals surface area contributed by atoms with Gasteiger partial charge in [-0.3, -0.25) is 0 Å². The summed E-state index contributed by atoms with van der Waals surface area (Å²) in [5.41, 5.74) is 7.55. The minimum atomic E-state index is -0.738. The summed E-state index contributed by atoms with van der Waals surface area (Å²) in [6.07, 6.45) is -0.725. The molecule has 0 bridgehead atoms. The van der Waals surface area contributed by atoms with E-state index in [9.17, 15) is 10.2 Å². The quantitative estimate of drug-likeness (QED) is 0.134. The molecule has 0 heterocycles. The highest BCUT2D eigenvalue weighted by molar-refractivity contribution is 5.76. The Morgan fingerprint density at radius 3 is 1.13 bits per heavy atom. The Morgan fingerprint density at radius 1 is 0.447 bits per heavy atom. The van der Waals surface area contributed by atoms with Crippen LogP contribution in [0.4, 0.5) is 0 Å². The molecule has 0 aliphatic carbocycles. The fraction of sp³-hybridized carbons (Fsp3) is 0.163. The average molecular weight is 621 g/mol.